The van der Waals surface area contributed by atoms with E-state index in [9.17, 15) is 79.4 Å². The smallest absolute Gasteiger partial charge is 0.460 e. The second-order valence-electron chi connectivity index (χ2n) is 7.58. The minimum Gasteiger partial charge on any atom is -0.481 e. The maximum atomic E-state index is 14.1. The zero-order valence-corrected chi connectivity index (χ0v) is 17.2. The molecule has 0 saturated carbocycles. The van der Waals surface area contributed by atoms with Gasteiger partial charge in [0, 0.05) is 6.42 Å². The minimum absolute atomic E-state index is 0.230. The van der Waals surface area contributed by atoms with Crippen LogP contribution in [-0.4, -0.2) is 58.7 Å². The van der Waals surface area contributed by atoms with E-state index in [-0.39, 0.29) is 5.56 Å². The Labute approximate surface area is 194 Å². The Morgan fingerprint density at radius 2 is 0.946 bits per heavy atom. The molecule has 1 unspecified atom stereocenters. The summed E-state index contributed by atoms with van der Waals surface area (Å²) in [5.74, 6) is -62.6. The van der Waals surface area contributed by atoms with Crippen molar-refractivity contribution in [2.75, 3.05) is 0 Å². The van der Waals surface area contributed by atoms with E-state index < -0.39 is 72.4 Å². The molecule has 1 rings (SSSR count). The summed E-state index contributed by atoms with van der Waals surface area (Å²) in [6.07, 6.45) is -12.0. The van der Waals surface area contributed by atoms with Crippen molar-refractivity contribution in [2.24, 2.45) is 5.92 Å². The Bertz CT molecular complexity index is 953. The lowest BCUT2D eigenvalue weighted by molar-refractivity contribution is -0.462. The predicted octanol–water partition coefficient (Wildman–Crippen LogP) is 7.33. The van der Waals surface area contributed by atoms with Gasteiger partial charge < -0.3 is 5.11 Å². The molecule has 0 bridgehead atoms. The van der Waals surface area contributed by atoms with Gasteiger partial charge in [-0.2, -0.15) is 74.6 Å². The van der Waals surface area contributed by atoms with Gasteiger partial charge in [0.2, 0.25) is 0 Å². The first kappa shape index (κ1) is 32.5. The van der Waals surface area contributed by atoms with Gasteiger partial charge in [0.15, 0.2) is 0 Å². The third kappa shape index (κ3) is 5.00. The summed E-state index contributed by atoms with van der Waals surface area (Å²) in [5, 5.41) is 8.91. The Balaban J connectivity index is 3.54. The molecule has 0 fully saturated rings. The summed E-state index contributed by atoms with van der Waals surface area (Å²) < 4.78 is 226. The zero-order valence-electron chi connectivity index (χ0n) is 17.2. The van der Waals surface area contributed by atoms with Crippen LogP contribution in [-0.2, 0) is 11.2 Å². The number of carbonyl (C=O) groups is 1. The maximum Gasteiger partial charge on any atom is 0.460 e. The summed E-state index contributed by atoms with van der Waals surface area (Å²) in [6.45, 7) is 0. The van der Waals surface area contributed by atoms with E-state index in [0.29, 0.717) is 0 Å². The monoisotopic (exact) mass is 582 g/mol. The van der Waals surface area contributed by atoms with Gasteiger partial charge in [-0.3, -0.25) is 4.79 Å². The topological polar surface area (TPSA) is 37.3 Å². The first-order chi connectivity index (χ1) is 16.1. The molecule has 0 amide bonds. The Morgan fingerprint density at radius 3 is 1.30 bits per heavy atom. The number of aliphatic carboxylic acids is 1. The molecule has 19 heteroatoms. The number of hydrogen-bond donors (Lipinski definition) is 1. The fourth-order valence-corrected chi connectivity index (χ4v) is 2.78. The second-order valence-corrected chi connectivity index (χ2v) is 7.58. The summed E-state index contributed by atoms with van der Waals surface area (Å²) in [5.41, 5.74) is -0.230. The highest BCUT2D eigenvalue weighted by Gasteiger charge is 2.95. The van der Waals surface area contributed by atoms with E-state index in [4.69, 9.17) is 5.11 Å². The van der Waals surface area contributed by atoms with Gasteiger partial charge in [0.05, 0.1) is 5.92 Å². The summed E-state index contributed by atoms with van der Waals surface area (Å²) in [7, 11) is 0. The molecule has 214 valence electrons. The van der Waals surface area contributed by atoms with E-state index in [1.54, 1.807) is 0 Å². The van der Waals surface area contributed by atoms with E-state index in [1.807, 2.05) is 0 Å². The SMILES string of the molecule is O=C(O)C(Cc1ccccc1)CC(F)(F)C(F)(F)C(F)(F)C(F)(F)C(F)(F)C(F)(F)C(F)(F)C(F)(F)F. The molecule has 0 aromatic heterocycles. The lowest BCUT2D eigenvalue weighted by Crippen LogP contribution is -2.74. The van der Waals surface area contributed by atoms with Crippen LogP contribution in [0.5, 0.6) is 0 Å². The number of benzene rings is 1. The van der Waals surface area contributed by atoms with Crippen molar-refractivity contribution in [1.29, 1.82) is 0 Å². The normalized spacial score (nSPS) is 16.0. The molecule has 1 N–H and O–H groups in total. The van der Waals surface area contributed by atoms with Gasteiger partial charge in [0.25, 0.3) is 0 Å². The van der Waals surface area contributed by atoms with E-state index in [2.05, 4.69) is 0 Å². The van der Waals surface area contributed by atoms with Crippen LogP contribution in [0.25, 0.3) is 0 Å². The second kappa shape index (κ2) is 9.36. The first-order valence-corrected chi connectivity index (χ1v) is 9.11. The van der Waals surface area contributed by atoms with E-state index >= 15 is 0 Å². The molecule has 2 nitrogen and oxygen atoms in total. The number of halogens is 17. The van der Waals surface area contributed by atoms with Gasteiger partial charge in [0.1, 0.15) is 0 Å². The van der Waals surface area contributed by atoms with Gasteiger partial charge >= 0.3 is 53.6 Å². The lowest BCUT2D eigenvalue weighted by Gasteiger charge is -2.43. The third-order valence-electron chi connectivity index (χ3n) is 4.96. The quantitative estimate of drug-likeness (QED) is 0.278. The van der Waals surface area contributed by atoms with E-state index in [0.717, 1.165) is 24.3 Å². The molecular weight excluding hydrogens is 571 g/mol. The van der Waals surface area contributed by atoms with Crippen molar-refractivity contribution in [3.63, 3.8) is 0 Å². The van der Waals surface area contributed by atoms with Gasteiger partial charge in [-0.1, -0.05) is 30.3 Å². The molecule has 0 aliphatic rings. The molecule has 0 saturated heterocycles. The van der Waals surface area contributed by atoms with Crippen LogP contribution in [0.2, 0.25) is 0 Å². The van der Waals surface area contributed by atoms with Gasteiger partial charge in [-0.05, 0) is 12.0 Å². The van der Waals surface area contributed by atoms with Crippen LogP contribution >= 0.6 is 0 Å². The van der Waals surface area contributed by atoms with Crippen molar-refractivity contribution in [2.45, 2.75) is 60.5 Å². The number of hydrogen-bond acceptors (Lipinski definition) is 1. The first-order valence-electron chi connectivity index (χ1n) is 9.11. The minimum atomic E-state index is -8.72. The molecule has 0 heterocycles. The molecule has 1 aromatic rings. The summed E-state index contributed by atoms with van der Waals surface area (Å²) >= 11 is 0. The van der Waals surface area contributed by atoms with Gasteiger partial charge in [-0.25, -0.2) is 0 Å². The molecule has 37 heavy (non-hydrogen) atoms. The summed E-state index contributed by atoms with van der Waals surface area (Å²) in [6, 6.07) is 5.57. The van der Waals surface area contributed by atoms with Crippen molar-refractivity contribution >= 4 is 5.97 Å². The fraction of sp³-hybridized carbons (Fsp3) is 0.611. The molecule has 0 aliphatic carbocycles. The van der Waals surface area contributed by atoms with Gasteiger partial charge in [-0.15, -0.1) is 0 Å². The van der Waals surface area contributed by atoms with Crippen molar-refractivity contribution in [3.8, 4) is 0 Å². The predicted molar refractivity (Wildman–Crippen MR) is 86.6 cm³/mol. The standard InChI is InChI=1S/C18H11F17O2/c19-11(20,7-9(10(36)37)6-8-4-2-1-3-5-8)12(21,22)13(23,24)14(25,26)15(27,28)16(29,30)17(31,32)18(33,34)35/h1-5,9H,6-7H2,(H,36,37). The van der Waals surface area contributed by atoms with Crippen LogP contribution in [0.15, 0.2) is 30.3 Å². The largest absolute Gasteiger partial charge is 0.481 e. The lowest BCUT2D eigenvalue weighted by atomic mass is 9.85. The molecule has 0 aliphatic heterocycles. The van der Waals surface area contributed by atoms with Crippen LogP contribution in [0, 0.1) is 5.92 Å². The fourth-order valence-electron chi connectivity index (χ4n) is 2.78. The highest BCUT2D eigenvalue weighted by molar-refractivity contribution is 5.70. The van der Waals surface area contributed by atoms with Crippen LogP contribution in [0.3, 0.4) is 0 Å². The third-order valence-corrected chi connectivity index (χ3v) is 4.96. The molecule has 0 spiro atoms. The van der Waals surface area contributed by atoms with Crippen LogP contribution in [0.1, 0.15) is 12.0 Å². The number of rotatable bonds is 11. The highest BCUT2D eigenvalue weighted by atomic mass is 19.4. The molecular formula is C18H11F17O2. The molecule has 0 radical (unpaired) electrons. The van der Waals surface area contributed by atoms with Crippen molar-refractivity contribution < 1.29 is 84.5 Å². The number of alkyl halides is 17. The summed E-state index contributed by atoms with van der Waals surface area (Å²) in [4.78, 5) is 11.1. The average molecular weight is 582 g/mol. The number of carboxylic acids is 1. The maximum absolute atomic E-state index is 14.1. The zero-order chi connectivity index (χ0) is 29.7. The molecule has 1 atom stereocenters. The van der Waals surface area contributed by atoms with Crippen molar-refractivity contribution in [1.82, 2.24) is 0 Å². The Kier molecular flexibility index (Phi) is 8.22. The molecule has 1 aromatic carbocycles. The number of carboxylic acid groups (broad SMARTS) is 1. The van der Waals surface area contributed by atoms with Crippen LogP contribution < -0.4 is 0 Å². The highest BCUT2D eigenvalue weighted by Crippen LogP contribution is 2.64. The Hall–Kier alpha value is -2.50. The van der Waals surface area contributed by atoms with E-state index in [1.165, 1.54) is 6.07 Å². The van der Waals surface area contributed by atoms with Crippen molar-refractivity contribution in [3.05, 3.63) is 35.9 Å². The Morgan fingerprint density at radius 1 is 0.595 bits per heavy atom. The van der Waals surface area contributed by atoms with Crippen LogP contribution in [0.4, 0.5) is 74.6 Å². The average Bonchev–Trinajstić information content (AvgIpc) is 2.72.